The molecule has 1 heterocycles. The summed E-state index contributed by atoms with van der Waals surface area (Å²) >= 11 is 0. The van der Waals surface area contributed by atoms with Crippen LogP contribution in [0.1, 0.15) is 31.4 Å². The van der Waals surface area contributed by atoms with Gasteiger partial charge < -0.3 is 5.11 Å². The van der Waals surface area contributed by atoms with Crippen LogP contribution < -0.4 is 0 Å². The standard InChI is InChI=1S/C7H11N3O/c1-4(2)6-8-7(5(3)11)10-9-6/h4,11H,3H2,1-2H3,(H,8,9,10). The van der Waals surface area contributed by atoms with E-state index in [1.165, 1.54) is 0 Å². The molecule has 0 unspecified atom stereocenters. The van der Waals surface area contributed by atoms with Crippen molar-refractivity contribution in [2.75, 3.05) is 0 Å². The molecule has 0 radical (unpaired) electrons. The van der Waals surface area contributed by atoms with Gasteiger partial charge in [0.25, 0.3) is 0 Å². The van der Waals surface area contributed by atoms with E-state index in [1.807, 2.05) is 13.8 Å². The van der Waals surface area contributed by atoms with Gasteiger partial charge in [-0.15, -0.1) is 0 Å². The Morgan fingerprint density at radius 1 is 1.64 bits per heavy atom. The van der Waals surface area contributed by atoms with Crippen molar-refractivity contribution in [1.82, 2.24) is 15.2 Å². The Morgan fingerprint density at radius 3 is 2.55 bits per heavy atom. The van der Waals surface area contributed by atoms with Crippen molar-refractivity contribution < 1.29 is 5.11 Å². The number of nitrogens with zero attached hydrogens (tertiary/aromatic N) is 2. The van der Waals surface area contributed by atoms with Crippen molar-refractivity contribution in [3.8, 4) is 0 Å². The monoisotopic (exact) mass is 153 g/mol. The first-order chi connectivity index (χ1) is 5.11. The summed E-state index contributed by atoms with van der Waals surface area (Å²) in [6.45, 7) is 7.29. The van der Waals surface area contributed by atoms with Crippen LogP contribution in [0.3, 0.4) is 0 Å². The second kappa shape index (κ2) is 2.74. The van der Waals surface area contributed by atoms with Crippen LogP contribution >= 0.6 is 0 Å². The van der Waals surface area contributed by atoms with Gasteiger partial charge in [-0.05, 0) is 0 Å². The molecule has 2 N–H and O–H groups in total. The van der Waals surface area contributed by atoms with Crippen LogP contribution in [0.15, 0.2) is 6.58 Å². The van der Waals surface area contributed by atoms with E-state index >= 15 is 0 Å². The zero-order chi connectivity index (χ0) is 8.43. The molecule has 4 nitrogen and oxygen atoms in total. The summed E-state index contributed by atoms with van der Waals surface area (Å²) in [6.07, 6.45) is 0. The van der Waals surface area contributed by atoms with E-state index in [9.17, 15) is 0 Å². The van der Waals surface area contributed by atoms with Crippen LogP contribution in [-0.4, -0.2) is 20.3 Å². The molecule has 1 aromatic heterocycles. The summed E-state index contributed by atoms with van der Waals surface area (Å²) in [7, 11) is 0. The smallest absolute Gasteiger partial charge is 0.215 e. The molecule has 0 atom stereocenters. The van der Waals surface area contributed by atoms with E-state index in [4.69, 9.17) is 5.11 Å². The van der Waals surface area contributed by atoms with Crippen LogP contribution in [-0.2, 0) is 0 Å². The number of rotatable bonds is 2. The number of aromatic nitrogens is 3. The fraction of sp³-hybridized carbons (Fsp3) is 0.429. The van der Waals surface area contributed by atoms with Gasteiger partial charge in [-0.2, -0.15) is 5.10 Å². The fourth-order valence-corrected chi connectivity index (χ4v) is 0.662. The third-order valence-electron chi connectivity index (χ3n) is 1.31. The quantitative estimate of drug-likeness (QED) is 0.632. The number of aliphatic hydroxyl groups is 1. The maximum absolute atomic E-state index is 8.88. The van der Waals surface area contributed by atoms with Gasteiger partial charge in [0.15, 0.2) is 5.76 Å². The Balaban J connectivity index is 2.90. The summed E-state index contributed by atoms with van der Waals surface area (Å²) in [5.41, 5.74) is 0. The summed E-state index contributed by atoms with van der Waals surface area (Å²) in [6, 6.07) is 0. The first kappa shape index (κ1) is 7.78. The SMILES string of the molecule is C=C(O)c1n[nH]c(C(C)C)n1. The van der Waals surface area contributed by atoms with E-state index < -0.39 is 0 Å². The van der Waals surface area contributed by atoms with Gasteiger partial charge >= 0.3 is 0 Å². The first-order valence-corrected chi connectivity index (χ1v) is 3.41. The highest BCUT2D eigenvalue weighted by molar-refractivity contribution is 5.46. The number of aromatic amines is 1. The topological polar surface area (TPSA) is 61.8 Å². The van der Waals surface area contributed by atoms with Crippen LogP contribution in [0.5, 0.6) is 0 Å². The number of hydrogen-bond donors (Lipinski definition) is 2. The van der Waals surface area contributed by atoms with Crippen LogP contribution in [0.4, 0.5) is 0 Å². The molecular formula is C7H11N3O. The summed E-state index contributed by atoms with van der Waals surface area (Å²) in [5, 5.41) is 15.3. The zero-order valence-electron chi connectivity index (χ0n) is 6.63. The van der Waals surface area contributed by atoms with Gasteiger partial charge in [-0.1, -0.05) is 20.4 Å². The van der Waals surface area contributed by atoms with Crippen LogP contribution in [0, 0.1) is 0 Å². The number of hydrogen-bond acceptors (Lipinski definition) is 3. The van der Waals surface area contributed by atoms with Gasteiger partial charge in [0.2, 0.25) is 5.82 Å². The third kappa shape index (κ3) is 1.58. The lowest BCUT2D eigenvalue weighted by Crippen LogP contribution is -1.89. The Hall–Kier alpha value is -1.32. The zero-order valence-corrected chi connectivity index (χ0v) is 6.63. The fourth-order valence-electron chi connectivity index (χ4n) is 0.662. The predicted molar refractivity (Wildman–Crippen MR) is 42.1 cm³/mol. The highest BCUT2D eigenvalue weighted by atomic mass is 16.3. The molecule has 0 aliphatic heterocycles. The Bertz CT molecular complexity index is 264. The molecule has 1 rings (SSSR count). The normalized spacial score (nSPS) is 10.5. The van der Waals surface area contributed by atoms with Gasteiger partial charge in [0.1, 0.15) is 5.82 Å². The maximum atomic E-state index is 8.88. The highest BCUT2D eigenvalue weighted by Crippen LogP contribution is 2.09. The van der Waals surface area contributed by atoms with E-state index in [0.717, 1.165) is 5.82 Å². The maximum Gasteiger partial charge on any atom is 0.215 e. The molecule has 0 fully saturated rings. The second-order valence-electron chi connectivity index (χ2n) is 2.65. The van der Waals surface area contributed by atoms with Crippen molar-refractivity contribution in [2.45, 2.75) is 19.8 Å². The van der Waals surface area contributed by atoms with Crippen molar-refractivity contribution in [2.24, 2.45) is 0 Å². The number of H-pyrrole nitrogens is 1. The molecule has 0 bridgehead atoms. The molecule has 0 saturated heterocycles. The van der Waals surface area contributed by atoms with Gasteiger partial charge in [-0.25, -0.2) is 4.98 Å². The number of nitrogens with one attached hydrogen (secondary N) is 1. The largest absolute Gasteiger partial charge is 0.505 e. The molecule has 0 amide bonds. The average Bonchev–Trinajstić information content (AvgIpc) is 2.33. The summed E-state index contributed by atoms with van der Waals surface area (Å²) < 4.78 is 0. The molecule has 60 valence electrons. The van der Waals surface area contributed by atoms with Crippen molar-refractivity contribution in [1.29, 1.82) is 0 Å². The van der Waals surface area contributed by atoms with Gasteiger partial charge in [-0.3, -0.25) is 5.10 Å². The Labute approximate surface area is 65.0 Å². The lowest BCUT2D eigenvalue weighted by Gasteiger charge is -1.94. The molecule has 0 saturated carbocycles. The first-order valence-electron chi connectivity index (χ1n) is 3.41. The molecule has 1 aromatic rings. The molecule has 0 aliphatic rings. The minimum atomic E-state index is -0.104. The molecule has 0 aromatic carbocycles. The second-order valence-corrected chi connectivity index (χ2v) is 2.65. The van der Waals surface area contributed by atoms with Crippen molar-refractivity contribution in [3.05, 3.63) is 18.2 Å². The Morgan fingerprint density at radius 2 is 2.27 bits per heavy atom. The molecular weight excluding hydrogens is 142 g/mol. The molecule has 0 spiro atoms. The lowest BCUT2D eigenvalue weighted by atomic mass is 10.2. The van der Waals surface area contributed by atoms with E-state index in [1.54, 1.807) is 0 Å². The van der Waals surface area contributed by atoms with Gasteiger partial charge in [0, 0.05) is 5.92 Å². The summed E-state index contributed by atoms with van der Waals surface area (Å²) in [4.78, 5) is 3.99. The Kier molecular flexibility index (Phi) is 1.94. The molecule has 11 heavy (non-hydrogen) atoms. The van der Waals surface area contributed by atoms with Crippen molar-refractivity contribution >= 4 is 5.76 Å². The van der Waals surface area contributed by atoms with Gasteiger partial charge in [0.05, 0.1) is 0 Å². The minimum absolute atomic E-state index is 0.104. The highest BCUT2D eigenvalue weighted by Gasteiger charge is 2.07. The summed E-state index contributed by atoms with van der Waals surface area (Å²) in [5.74, 6) is 1.22. The van der Waals surface area contributed by atoms with Crippen molar-refractivity contribution in [3.63, 3.8) is 0 Å². The van der Waals surface area contributed by atoms with E-state index in [-0.39, 0.29) is 17.5 Å². The number of aliphatic hydroxyl groups excluding tert-OH is 1. The predicted octanol–water partition coefficient (Wildman–Crippen LogP) is 1.46. The molecule has 0 aliphatic carbocycles. The van der Waals surface area contributed by atoms with E-state index in [0.29, 0.717) is 0 Å². The molecule has 4 heteroatoms. The third-order valence-corrected chi connectivity index (χ3v) is 1.31. The average molecular weight is 153 g/mol. The minimum Gasteiger partial charge on any atom is -0.505 e. The van der Waals surface area contributed by atoms with Crippen LogP contribution in [0.2, 0.25) is 0 Å². The lowest BCUT2D eigenvalue weighted by molar-refractivity contribution is 0.507. The van der Waals surface area contributed by atoms with E-state index in [2.05, 4.69) is 21.8 Å². The van der Waals surface area contributed by atoms with Crippen LogP contribution in [0.25, 0.3) is 5.76 Å².